The predicted molar refractivity (Wildman–Crippen MR) is 82.7 cm³/mol. The van der Waals surface area contributed by atoms with Crippen LogP contribution in [0, 0.1) is 11.2 Å². The molecule has 0 atom stereocenters. The monoisotopic (exact) mass is 306 g/mol. The van der Waals surface area contributed by atoms with E-state index in [1.807, 2.05) is 25.7 Å². The minimum absolute atomic E-state index is 0.0227. The zero-order valence-electron chi connectivity index (χ0n) is 13.4. The van der Waals surface area contributed by atoms with Crippen LogP contribution < -0.4 is 0 Å². The number of carbonyl (C=O) groups is 2. The smallest absolute Gasteiger partial charge is 0.228 e. The SMILES string of the molecule is CC(C)(C)C(=O)N1CCN(C(=O)Cc2ccc(F)cc2)CC1. The number of carbonyl (C=O) groups excluding carboxylic acids is 2. The van der Waals surface area contributed by atoms with Crippen LogP contribution in [0.4, 0.5) is 4.39 Å². The van der Waals surface area contributed by atoms with Crippen LogP contribution in [0.15, 0.2) is 24.3 Å². The Kier molecular flexibility index (Phi) is 4.84. The maximum absolute atomic E-state index is 12.9. The first-order valence-electron chi connectivity index (χ1n) is 7.59. The fourth-order valence-electron chi connectivity index (χ4n) is 2.52. The summed E-state index contributed by atoms with van der Waals surface area (Å²) < 4.78 is 12.9. The fourth-order valence-corrected chi connectivity index (χ4v) is 2.52. The summed E-state index contributed by atoms with van der Waals surface area (Å²) in [5.41, 5.74) is 0.417. The van der Waals surface area contributed by atoms with E-state index in [1.165, 1.54) is 12.1 Å². The Labute approximate surface area is 130 Å². The first kappa shape index (κ1) is 16.5. The van der Waals surface area contributed by atoms with Crippen LogP contribution in [0.5, 0.6) is 0 Å². The molecule has 1 aliphatic rings. The van der Waals surface area contributed by atoms with Crippen molar-refractivity contribution in [2.24, 2.45) is 5.41 Å². The second-order valence-electron chi connectivity index (χ2n) is 6.73. The summed E-state index contributed by atoms with van der Waals surface area (Å²) >= 11 is 0. The molecular formula is C17H23FN2O2. The van der Waals surface area contributed by atoms with Crippen molar-refractivity contribution < 1.29 is 14.0 Å². The largest absolute Gasteiger partial charge is 0.339 e. The molecule has 0 saturated carbocycles. The van der Waals surface area contributed by atoms with E-state index in [0.29, 0.717) is 26.2 Å². The van der Waals surface area contributed by atoms with Gasteiger partial charge in [-0.15, -0.1) is 0 Å². The van der Waals surface area contributed by atoms with E-state index in [-0.39, 0.29) is 29.5 Å². The second kappa shape index (κ2) is 6.46. The number of rotatable bonds is 2. The predicted octanol–water partition coefficient (Wildman–Crippen LogP) is 2.09. The maximum atomic E-state index is 12.9. The molecule has 0 spiro atoms. The Morgan fingerprint density at radius 1 is 1.00 bits per heavy atom. The lowest BCUT2D eigenvalue weighted by Crippen LogP contribution is -2.53. The minimum Gasteiger partial charge on any atom is -0.339 e. The molecule has 0 unspecified atom stereocenters. The molecule has 1 aliphatic heterocycles. The molecule has 1 saturated heterocycles. The Hall–Kier alpha value is -1.91. The first-order chi connectivity index (χ1) is 10.3. The summed E-state index contributed by atoms with van der Waals surface area (Å²) in [5.74, 6) is -0.155. The molecule has 22 heavy (non-hydrogen) atoms. The van der Waals surface area contributed by atoms with Gasteiger partial charge in [-0.2, -0.15) is 0 Å². The lowest BCUT2D eigenvalue weighted by Gasteiger charge is -2.37. The Balaban J connectivity index is 1.87. The topological polar surface area (TPSA) is 40.6 Å². The quantitative estimate of drug-likeness (QED) is 0.839. The van der Waals surface area contributed by atoms with E-state index in [4.69, 9.17) is 0 Å². The lowest BCUT2D eigenvalue weighted by atomic mass is 9.94. The van der Waals surface area contributed by atoms with Crippen molar-refractivity contribution in [2.45, 2.75) is 27.2 Å². The standard InChI is InChI=1S/C17H23FN2O2/c1-17(2,3)16(22)20-10-8-19(9-11-20)15(21)12-13-4-6-14(18)7-5-13/h4-7H,8-12H2,1-3H3. The van der Waals surface area contributed by atoms with Gasteiger partial charge in [0.2, 0.25) is 11.8 Å². The molecule has 1 fully saturated rings. The number of hydrogen-bond donors (Lipinski definition) is 0. The van der Waals surface area contributed by atoms with Gasteiger partial charge in [0.05, 0.1) is 6.42 Å². The third-order valence-electron chi connectivity index (χ3n) is 3.83. The van der Waals surface area contributed by atoms with Gasteiger partial charge in [-0.1, -0.05) is 32.9 Å². The molecule has 0 radical (unpaired) electrons. The van der Waals surface area contributed by atoms with Crippen LogP contribution >= 0.6 is 0 Å². The maximum Gasteiger partial charge on any atom is 0.228 e. The minimum atomic E-state index is -0.389. The van der Waals surface area contributed by atoms with Crippen LogP contribution in [0.25, 0.3) is 0 Å². The zero-order valence-corrected chi connectivity index (χ0v) is 13.4. The van der Waals surface area contributed by atoms with E-state index in [1.54, 1.807) is 17.0 Å². The van der Waals surface area contributed by atoms with Crippen molar-refractivity contribution in [3.8, 4) is 0 Å². The Morgan fingerprint density at radius 2 is 1.50 bits per heavy atom. The van der Waals surface area contributed by atoms with Crippen LogP contribution in [0.2, 0.25) is 0 Å². The van der Waals surface area contributed by atoms with E-state index in [9.17, 15) is 14.0 Å². The summed E-state index contributed by atoms with van der Waals surface area (Å²) in [6.45, 7) is 7.98. The van der Waals surface area contributed by atoms with Crippen LogP contribution in [-0.2, 0) is 16.0 Å². The highest BCUT2D eigenvalue weighted by atomic mass is 19.1. The highest BCUT2D eigenvalue weighted by molar-refractivity contribution is 5.82. The van der Waals surface area contributed by atoms with Gasteiger partial charge in [-0.3, -0.25) is 9.59 Å². The van der Waals surface area contributed by atoms with Crippen molar-refractivity contribution >= 4 is 11.8 Å². The lowest BCUT2D eigenvalue weighted by molar-refractivity contribution is -0.144. The Bertz CT molecular complexity index is 541. The highest BCUT2D eigenvalue weighted by Crippen LogP contribution is 2.19. The molecule has 1 aromatic rings. The summed E-state index contributed by atoms with van der Waals surface area (Å²) in [6.07, 6.45) is 0.271. The van der Waals surface area contributed by atoms with Crippen molar-refractivity contribution in [3.05, 3.63) is 35.6 Å². The first-order valence-corrected chi connectivity index (χ1v) is 7.59. The number of halogens is 1. The van der Waals surface area contributed by atoms with Crippen molar-refractivity contribution in [1.29, 1.82) is 0 Å². The normalized spacial score (nSPS) is 15.8. The third kappa shape index (κ3) is 4.06. The van der Waals surface area contributed by atoms with Crippen molar-refractivity contribution in [2.75, 3.05) is 26.2 Å². The van der Waals surface area contributed by atoms with E-state index in [2.05, 4.69) is 0 Å². The molecule has 1 heterocycles. The van der Waals surface area contributed by atoms with Gasteiger partial charge in [0, 0.05) is 31.6 Å². The number of piperazine rings is 1. The summed E-state index contributed by atoms with van der Waals surface area (Å²) in [4.78, 5) is 28.1. The number of nitrogens with zero attached hydrogens (tertiary/aromatic N) is 2. The van der Waals surface area contributed by atoms with Gasteiger partial charge in [0.25, 0.3) is 0 Å². The number of benzene rings is 1. The molecule has 5 heteroatoms. The summed E-state index contributed by atoms with van der Waals surface area (Å²) in [6, 6.07) is 5.99. The summed E-state index contributed by atoms with van der Waals surface area (Å²) in [7, 11) is 0. The van der Waals surface area contributed by atoms with Gasteiger partial charge in [-0.25, -0.2) is 4.39 Å². The molecule has 120 valence electrons. The molecule has 0 aromatic heterocycles. The molecule has 2 rings (SSSR count). The molecule has 0 aliphatic carbocycles. The number of hydrogen-bond acceptors (Lipinski definition) is 2. The van der Waals surface area contributed by atoms with E-state index < -0.39 is 0 Å². The number of amides is 2. The molecule has 1 aromatic carbocycles. The van der Waals surface area contributed by atoms with Crippen LogP contribution in [0.1, 0.15) is 26.3 Å². The van der Waals surface area contributed by atoms with Gasteiger partial charge >= 0.3 is 0 Å². The fraction of sp³-hybridized carbons (Fsp3) is 0.529. The van der Waals surface area contributed by atoms with E-state index >= 15 is 0 Å². The average molecular weight is 306 g/mol. The van der Waals surface area contributed by atoms with Crippen LogP contribution in [0.3, 0.4) is 0 Å². The third-order valence-corrected chi connectivity index (χ3v) is 3.83. The molecule has 0 bridgehead atoms. The molecule has 0 N–H and O–H groups in total. The summed E-state index contributed by atoms with van der Waals surface area (Å²) in [5, 5.41) is 0. The molecular weight excluding hydrogens is 283 g/mol. The van der Waals surface area contributed by atoms with Gasteiger partial charge in [0.15, 0.2) is 0 Å². The van der Waals surface area contributed by atoms with Gasteiger partial charge in [-0.05, 0) is 17.7 Å². The van der Waals surface area contributed by atoms with E-state index in [0.717, 1.165) is 5.56 Å². The van der Waals surface area contributed by atoms with Crippen molar-refractivity contribution in [3.63, 3.8) is 0 Å². The molecule has 4 nitrogen and oxygen atoms in total. The second-order valence-corrected chi connectivity index (χ2v) is 6.73. The highest BCUT2D eigenvalue weighted by Gasteiger charge is 2.30. The zero-order chi connectivity index (χ0) is 16.3. The van der Waals surface area contributed by atoms with Crippen molar-refractivity contribution in [1.82, 2.24) is 9.80 Å². The van der Waals surface area contributed by atoms with Crippen LogP contribution in [-0.4, -0.2) is 47.8 Å². The van der Waals surface area contributed by atoms with Gasteiger partial charge < -0.3 is 9.80 Å². The van der Waals surface area contributed by atoms with Gasteiger partial charge in [0.1, 0.15) is 5.82 Å². The molecule has 2 amide bonds. The average Bonchev–Trinajstić information content (AvgIpc) is 2.48. The Morgan fingerprint density at radius 3 is 2.00 bits per heavy atom.